The van der Waals surface area contributed by atoms with Gasteiger partial charge in [0.15, 0.2) is 0 Å². The van der Waals surface area contributed by atoms with Crippen molar-refractivity contribution in [2.24, 2.45) is 0 Å². The van der Waals surface area contributed by atoms with E-state index in [1.54, 1.807) is 18.3 Å². The van der Waals surface area contributed by atoms with Crippen LogP contribution in [0.15, 0.2) is 53.8 Å². The molecule has 1 saturated heterocycles. The molecule has 1 aliphatic rings. The molecule has 1 N–H and O–H groups in total. The number of ketones is 1. The van der Waals surface area contributed by atoms with Crippen LogP contribution in [0.4, 0.5) is 0 Å². The fraction of sp³-hybridized carbons (Fsp3) is 0.421. The summed E-state index contributed by atoms with van der Waals surface area (Å²) in [5.41, 5.74) is 2.84. The SMILES string of the molecule is CC(C)=CCCC1(C)OC1/C=C/C(C)=C\C(=O)c1ccc[nH]1. The van der Waals surface area contributed by atoms with Gasteiger partial charge in [0.2, 0.25) is 5.78 Å². The molecule has 1 fully saturated rings. The number of carbonyl (C=O) groups excluding carboxylic acids is 1. The zero-order chi connectivity index (χ0) is 16.2. The number of rotatable bonds is 7. The molecule has 1 aromatic heterocycles. The van der Waals surface area contributed by atoms with Crippen LogP contribution in [-0.4, -0.2) is 22.5 Å². The van der Waals surface area contributed by atoms with E-state index in [0.717, 1.165) is 18.4 Å². The normalized spacial score (nSPS) is 24.5. The predicted octanol–water partition coefficient (Wildman–Crippen LogP) is 4.60. The molecule has 2 atom stereocenters. The lowest BCUT2D eigenvalue weighted by Gasteiger charge is -2.02. The van der Waals surface area contributed by atoms with Gasteiger partial charge >= 0.3 is 0 Å². The Kier molecular flexibility index (Phi) is 5.19. The first-order valence-electron chi connectivity index (χ1n) is 7.76. The second-order valence-corrected chi connectivity index (χ2v) is 6.37. The van der Waals surface area contributed by atoms with Crippen molar-refractivity contribution in [3.05, 3.63) is 59.5 Å². The number of hydrogen-bond donors (Lipinski definition) is 1. The number of hydrogen-bond acceptors (Lipinski definition) is 2. The number of H-pyrrole nitrogens is 1. The molecule has 2 heterocycles. The largest absolute Gasteiger partial charge is 0.362 e. The van der Waals surface area contributed by atoms with Crippen LogP contribution in [0.5, 0.6) is 0 Å². The fourth-order valence-electron chi connectivity index (χ4n) is 2.40. The summed E-state index contributed by atoms with van der Waals surface area (Å²) in [5.74, 6) is -0.00446. The Morgan fingerprint density at radius 2 is 2.18 bits per heavy atom. The molecule has 0 radical (unpaired) electrons. The maximum absolute atomic E-state index is 11.9. The fourth-order valence-corrected chi connectivity index (χ4v) is 2.40. The molecule has 3 heteroatoms. The summed E-state index contributed by atoms with van der Waals surface area (Å²) in [6.45, 7) is 8.30. The molecule has 0 amide bonds. The number of aromatic nitrogens is 1. The Hall–Kier alpha value is -1.87. The maximum atomic E-state index is 11.9. The monoisotopic (exact) mass is 299 g/mol. The molecule has 1 aliphatic heterocycles. The highest BCUT2D eigenvalue weighted by Gasteiger charge is 2.49. The summed E-state index contributed by atoms with van der Waals surface area (Å²) in [4.78, 5) is 14.8. The lowest BCUT2D eigenvalue weighted by Crippen LogP contribution is -2.07. The van der Waals surface area contributed by atoms with E-state index in [4.69, 9.17) is 4.74 Å². The van der Waals surface area contributed by atoms with E-state index in [0.29, 0.717) is 5.69 Å². The van der Waals surface area contributed by atoms with Gasteiger partial charge in [-0.25, -0.2) is 0 Å². The van der Waals surface area contributed by atoms with Crippen LogP contribution in [0.3, 0.4) is 0 Å². The molecular weight excluding hydrogens is 274 g/mol. The summed E-state index contributed by atoms with van der Waals surface area (Å²) >= 11 is 0. The van der Waals surface area contributed by atoms with Crippen molar-refractivity contribution in [2.75, 3.05) is 0 Å². The standard InChI is InChI=1S/C19H25NO2/c1-14(2)7-5-11-19(4)18(22-19)10-9-15(3)13-17(21)16-8-6-12-20-16/h6-10,12-13,18,20H,5,11H2,1-4H3/b10-9+,15-13-. The van der Waals surface area contributed by atoms with E-state index in [1.165, 1.54) is 5.57 Å². The number of aromatic amines is 1. The number of ether oxygens (including phenoxy) is 1. The Balaban J connectivity index is 1.85. The molecule has 1 aromatic rings. The van der Waals surface area contributed by atoms with Crippen molar-refractivity contribution in [2.45, 2.75) is 52.2 Å². The van der Waals surface area contributed by atoms with Gasteiger partial charge in [-0.15, -0.1) is 0 Å². The molecular formula is C19H25NO2. The quantitative estimate of drug-likeness (QED) is 0.263. The lowest BCUT2D eigenvalue weighted by atomic mass is 10.00. The van der Waals surface area contributed by atoms with E-state index in [2.05, 4.69) is 37.9 Å². The highest BCUT2D eigenvalue weighted by Crippen LogP contribution is 2.41. The van der Waals surface area contributed by atoms with Crippen LogP contribution in [0.2, 0.25) is 0 Å². The van der Waals surface area contributed by atoms with Gasteiger partial charge in [-0.2, -0.15) is 0 Å². The van der Waals surface area contributed by atoms with Crippen LogP contribution >= 0.6 is 0 Å². The van der Waals surface area contributed by atoms with Crippen molar-refractivity contribution in [3.8, 4) is 0 Å². The van der Waals surface area contributed by atoms with Crippen molar-refractivity contribution in [1.82, 2.24) is 4.98 Å². The predicted molar refractivity (Wildman–Crippen MR) is 90.0 cm³/mol. The third-order valence-electron chi connectivity index (χ3n) is 3.89. The van der Waals surface area contributed by atoms with Gasteiger partial charge < -0.3 is 9.72 Å². The smallest absolute Gasteiger partial charge is 0.202 e. The number of nitrogens with one attached hydrogen (secondary N) is 1. The highest BCUT2D eigenvalue weighted by molar-refractivity contribution is 6.03. The Morgan fingerprint density at radius 3 is 2.82 bits per heavy atom. The minimum atomic E-state index is -0.0494. The minimum Gasteiger partial charge on any atom is -0.362 e. The van der Waals surface area contributed by atoms with Crippen molar-refractivity contribution >= 4 is 5.78 Å². The first kappa shape index (κ1) is 16.5. The Bertz CT molecular complexity index is 603. The summed E-state index contributed by atoms with van der Waals surface area (Å²) in [5, 5.41) is 0. The topological polar surface area (TPSA) is 45.4 Å². The van der Waals surface area contributed by atoms with E-state index in [-0.39, 0.29) is 17.5 Å². The first-order chi connectivity index (χ1) is 10.4. The van der Waals surface area contributed by atoms with E-state index >= 15 is 0 Å². The third-order valence-corrected chi connectivity index (χ3v) is 3.89. The van der Waals surface area contributed by atoms with Crippen LogP contribution in [0, 0.1) is 0 Å². The van der Waals surface area contributed by atoms with Gasteiger partial charge in [-0.1, -0.05) is 23.8 Å². The molecule has 3 nitrogen and oxygen atoms in total. The average Bonchev–Trinajstić information content (AvgIpc) is 2.88. The van der Waals surface area contributed by atoms with Crippen molar-refractivity contribution in [1.29, 1.82) is 0 Å². The van der Waals surface area contributed by atoms with Crippen LogP contribution < -0.4 is 0 Å². The van der Waals surface area contributed by atoms with Gasteiger partial charge in [0, 0.05) is 6.20 Å². The minimum absolute atomic E-state index is 0.00446. The zero-order valence-electron chi connectivity index (χ0n) is 13.8. The Labute approximate surface area is 132 Å². The summed E-state index contributed by atoms with van der Waals surface area (Å²) in [6.07, 6.45) is 11.9. The number of epoxide rings is 1. The Morgan fingerprint density at radius 1 is 1.41 bits per heavy atom. The number of allylic oxidation sites excluding steroid dienone is 5. The molecule has 0 aromatic carbocycles. The number of carbonyl (C=O) groups is 1. The molecule has 0 spiro atoms. The van der Waals surface area contributed by atoms with Crippen molar-refractivity contribution in [3.63, 3.8) is 0 Å². The maximum Gasteiger partial charge on any atom is 0.202 e. The lowest BCUT2D eigenvalue weighted by molar-refractivity contribution is 0.104. The molecule has 2 rings (SSSR count). The summed E-state index contributed by atoms with van der Waals surface area (Å²) < 4.78 is 5.78. The molecule has 2 unspecified atom stereocenters. The highest BCUT2D eigenvalue weighted by atomic mass is 16.6. The van der Waals surface area contributed by atoms with Crippen LogP contribution in [-0.2, 0) is 4.74 Å². The summed E-state index contributed by atoms with van der Waals surface area (Å²) in [7, 11) is 0. The molecule has 0 aliphatic carbocycles. The van der Waals surface area contributed by atoms with Gasteiger partial charge in [-0.05, 0) is 64.3 Å². The van der Waals surface area contributed by atoms with Crippen LogP contribution in [0.1, 0.15) is 51.0 Å². The summed E-state index contributed by atoms with van der Waals surface area (Å²) in [6, 6.07) is 3.60. The second kappa shape index (κ2) is 6.93. The van der Waals surface area contributed by atoms with Crippen LogP contribution in [0.25, 0.3) is 0 Å². The van der Waals surface area contributed by atoms with E-state index in [1.807, 2.05) is 19.1 Å². The van der Waals surface area contributed by atoms with Gasteiger partial charge in [-0.3, -0.25) is 4.79 Å². The molecule has 0 bridgehead atoms. The third kappa shape index (κ3) is 4.57. The second-order valence-electron chi connectivity index (χ2n) is 6.37. The average molecular weight is 299 g/mol. The molecule has 118 valence electrons. The van der Waals surface area contributed by atoms with Crippen molar-refractivity contribution < 1.29 is 9.53 Å². The van der Waals surface area contributed by atoms with E-state index in [9.17, 15) is 4.79 Å². The van der Waals surface area contributed by atoms with Gasteiger partial charge in [0.25, 0.3) is 0 Å². The van der Waals surface area contributed by atoms with E-state index < -0.39 is 0 Å². The van der Waals surface area contributed by atoms with Gasteiger partial charge in [0.1, 0.15) is 6.10 Å². The molecule has 0 saturated carbocycles. The first-order valence-corrected chi connectivity index (χ1v) is 7.76. The van der Waals surface area contributed by atoms with Gasteiger partial charge in [0.05, 0.1) is 11.3 Å². The molecule has 22 heavy (non-hydrogen) atoms. The zero-order valence-corrected chi connectivity index (χ0v) is 13.8.